The van der Waals surface area contributed by atoms with Crippen LogP contribution in [-0.4, -0.2) is 46.4 Å². The third-order valence-electron chi connectivity index (χ3n) is 4.22. The van der Waals surface area contributed by atoms with E-state index in [1.54, 1.807) is 31.2 Å². The molecule has 1 N–H and O–H groups in total. The highest BCUT2D eigenvalue weighted by Gasteiger charge is 2.25. The summed E-state index contributed by atoms with van der Waals surface area (Å²) in [5, 5.41) is 3.10. The Hall–Kier alpha value is -2.45. The van der Waals surface area contributed by atoms with Crippen molar-refractivity contribution in [3.05, 3.63) is 53.1 Å². The molecule has 0 fully saturated rings. The van der Waals surface area contributed by atoms with Gasteiger partial charge in [0.1, 0.15) is 19.3 Å². The lowest BCUT2D eigenvalue weighted by Gasteiger charge is -2.27. The number of nitrogens with one attached hydrogen (secondary N) is 1. The van der Waals surface area contributed by atoms with Gasteiger partial charge in [0, 0.05) is 5.02 Å². The van der Waals surface area contributed by atoms with Crippen LogP contribution in [0.3, 0.4) is 0 Å². The molecule has 28 heavy (non-hydrogen) atoms. The van der Waals surface area contributed by atoms with E-state index in [2.05, 4.69) is 5.32 Å². The summed E-state index contributed by atoms with van der Waals surface area (Å²) >= 11 is 6.00. The second-order valence-electron chi connectivity index (χ2n) is 6.50. The topological polar surface area (TPSA) is 84.9 Å². The Morgan fingerprint density at radius 1 is 1.25 bits per heavy atom. The van der Waals surface area contributed by atoms with Crippen molar-refractivity contribution < 1.29 is 22.7 Å². The quantitative estimate of drug-likeness (QED) is 0.769. The number of hydrogen-bond acceptors (Lipinski definition) is 5. The van der Waals surface area contributed by atoms with Crippen molar-refractivity contribution in [2.75, 3.05) is 30.3 Å². The van der Waals surface area contributed by atoms with Gasteiger partial charge in [0.25, 0.3) is 0 Å². The molecule has 0 spiro atoms. The zero-order valence-corrected chi connectivity index (χ0v) is 17.1. The number of hydrogen-bond donors (Lipinski definition) is 1. The maximum Gasteiger partial charge on any atom is 0.240 e. The highest BCUT2D eigenvalue weighted by atomic mass is 35.5. The van der Waals surface area contributed by atoms with Crippen molar-refractivity contribution >= 4 is 33.2 Å². The van der Waals surface area contributed by atoms with Gasteiger partial charge in [0.05, 0.1) is 18.5 Å². The van der Waals surface area contributed by atoms with Crippen LogP contribution in [-0.2, 0) is 14.8 Å². The molecule has 1 aliphatic heterocycles. The van der Waals surface area contributed by atoms with E-state index in [0.29, 0.717) is 34.4 Å². The van der Waals surface area contributed by atoms with Gasteiger partial charge in [-0.3, -0.25) is 9.10 Å². The number of carbonyl (C=O) groups is 1. The van der Waals surface area contributed by atoms with Crippen LogP contribution in [0.2, 0.25) is 5.02 Å². The fraction of sp³-hybridized carbons (Fsp3) is 0.316. The Balaban J connectivity index is 1.64. The average molecular weight is 425 g/mol. The summed E-state index contributed by atoms with van der Waals surface area (Å²) in [6.07, 6.45) is 0.689. The normalized spacial score (nSPS) is 15.8. The van der Waals surface area contributed by atoms with E-state index >= 15 is 0 Å². The minimum absolute atomic E-state index is 0.194. The minimum Gasteiger partial charge on any atom is -0.486 e. The summed E-state index contributed by atoms with van der Waals surface area (Å²) in [6, 6.07) is 12.2. The lowest BCUT2D eigenvalue weighted by Crippen LogP contribution is -2.45. The molecule has 1 atom stereocenters. The van der Waals surface area contributed by atoms with Crippen LogP contribution in [0.1, 0.15) is 5.56 Å². The van der Waals surface area contributed by atoms with Crippen molar-refractivity contribution in [2.45, 2.75) is 13.0 Å². The number of sulfonamides is 1. The van der Waals surface area contributed by atoms with E-state index in [-0.39, 0.29) is 19.2 Å². The Bertz CT molecular complexity index is 980. The lowest BCUT2D eigenvalue weighted by atomic mass is 10.2. The minimum atomic E-state index is -3.68. The number of halogens is 1. The molecule has 3 rings (SSSR count). The Labute approximate surface area is 169 Å². The summed E-state index contributed by atoms with van der Waals surface area (Å²) in [5.41, 5.74) is 1.07. The van der Waals surface area contributed by atoms with Gasteiger partial charge in [-0.1, -0.05) is 29.8 Å². The number of benzene rings is 2. The van der Waals surface area contributed by atoms with Crippen molar-refractivity contribution in [3.8, 4) is 11.5 Å². The largest absolute Gasteiger partial charge is 0.486 e. The molecule has 0 saturated heterocycles. The molecule has 2 aromatic carbocycles. The molecule has 1 heterocycles. The van der Waals surface area contributed by atoms with Crippen LogP contribution < -0.4 is 19.1 Å². The van der Waals surface area contributed by atoms with Crippen LogP contribution in [0, 0.1) is 6.92 Å². The number of amides is 1. The number of para-hydroxylation sites is 2. The highest BCUT2D eigenvalue weighted by molar-refractivity contribution is 7.92. The first kappa shape index (κ1) is 20.3. The fourth-order valence-corrected chi connectivity index (χ4v) is 3.88. The maximum atomic E-state index is 12.4. The second-order valence-corrected chi connectivity index (χ2v) is 8.85. The maximum absolute atomic E-state index is 12.4. The van der Waals surface area contributed by atoms with Crippen LogP contribution >= 0.6 is 11.6 Å². The summed E-state index contributed by atoms with van der Waals surface area (Å²) in [5.74, 6) is 0.817. The summed E-state index contributed by atoms with van der Waals surface area (Å²) in [6.45, 7) is 1.89. The Morgan fingerprint density at radius 3 is 2.68 bits per heavy atom. The molecule has 0 saturated carbocycles. The molecular formula is C19H21ClN2O5S. The zero-order chi connectivity index (χ0) is 20.3. The molecular weight excluding hydrogens is 404 g/mol. The van der Waals surface area contributed by atoms with Crippen molar-refractivity contribution in [2.24, 2.45) is 0 Å². The average Bonchev–Trinajstić information content (AvgIpc) is 2.65. The van der Waals surface area contributed by atoms with Crippen molar-refractivity contribution in [1.82, 2.24) is 5.32 Å². The first-order valence-corrected chi connectivity index (χ1v) is 10.9. The second kappa shape index (κ2) is 8.28. The predicted molar refractivity (Wildman–Crippen MR) is 108 cm³/mol. The first-order chi connectivity index (χ1) is 13.2. The van der Waals surface area contributed by atoms with Gasteiger partial charge in [0.2, 0.25) is 15.9 Å². The molecule has 1 amide bonds. The highest BCUT2D eigenvalue weighted by Crippen LogP contribution is 2.30. The number of rotatable bonds is 6. The van der Waals surface area contributed by atoms with Gasteiger partial charge < -0.3 is 14.8 Å². The predicted octanol–water partition coefficient (Wildman–Crippen LogP) is 2.37. The Kier molecular flexibility index (Phi) is 6.00. The van der Waals surface area contributed by atoms with E-state index < -0.39 is 15.9 Å². The fourth-order valence-electron chi connectivity index (χ4n) is 2.81. The van der Waals surface area contributed by atoms with Gasteiger partial charge >= 0.3 is 0 Å². The number of anilines is 1. The molecule has 1 aliphatic rings. The Morgan fingerprint density at radius 2 is 1.96 bits per heavy atom. The third-order valence-corrected chi connectivity index (χ3v) is 5.58. The summed E-state index contributed by atoms with van der Waals surface area (Å²) < 4.78 is 36.9. The molecule has 2 aromatic rings. The van der Waals surface area contributed by atoms with E-state index in [0.717, 1.165) is 10.6 Å². The van der Waals surface area contributed by atoms with E-state index in [1.165, 1.54) is 6.07 Å². The number of ether oxygens (including phenoxy) is 2. The molecule has 7 nitrogen and oxygen atoms in total. The smallest absolute Gasteiger partial charge is 0.240 e. The summed E-state index contributed by atoms with van der Waals surface area (Å²) in [7, 11) is -3.68. The molecule has 150 valence electrons. The molecule has 0 radical (unpaired) electrons. The van der Waals surface area contributed by atoms with Crippen molar-refractivity contribution in [3.63, 3.8) is 0 Å². The van der Waals surface area contributed by atoms with E-state index in [1.807, 2.05) is 12.1 Å². The number of aryl methyl sites for hydroxylation is 1. The van der Waals surface area contributed by atoms with Gasteiger partial charge in [-0.05, 0) is 36.8 Å². The third kappa shape index (κ3) is 4.88. The van der Waals surface area contributed by atoms with Gasteiger partial charge in [-0.15, -0.1) is 0 Å². The lowest BCUT2D eigenvalue weighted by molar-refractivity contribution is -0.120. The molecule has 0 aliphatic carbocycles. The van der Waals surface area contributed by atoms with E-state index in [4.69, 9.17) is 21.1 Å². The zero-order valence-electron chi connectivity index (χ0n) is 15.5. The monoisotopic (exact) mass is 424 g/mol. The van der Waals surface area contributed by atoms with Gasteiger partial charge in [-0.25, -0.2) is 8.42 Å². The first-order valence-electron chi connectivity index (χ1n) is 8.63. The molecule has 9 heteroatoms. The molecule has 0 bridgehead atoms. The van der Waals surface area contributed by atoms with Crippen molar-refractivity contribution in [1.29, 1.82) is 0 Å². The SMILES string of the molecule is Cc1ccc(Cl)cc1N(CC(=O)NC[C@H]1COc2ccccc2O1)S(C)(=O)=O. The number of nitrogens with zero attached hydrogens (tertiary/aromatic N) is 1. The van der Waals surface area contributed by atoms with Crippen LogP contribution in [0.25, 0.3) is 0 Å². The number of fused-ring (bicyclic) bond motifs is 1. The van der Waals surface area contributed by atoms with E-state index in [9.17, 15) is 13.2 Å². The van der Waals surface area contributed by atoms with Crippen LogP contribution in [0.5, 0.6) is 11.5 Å². The van der Waals surface area contributed by atoms with Crippen LogP contribution in [0.15, 0.2) is 42.5 Å². The van der Waals surface area contributed by atoms with Crippen LogP contribution in [0.4, 0.5) is 5.69 Å². The molecule has 0 unspecified atom stereocenters. The molecule has 0 aromatic heterocycles. The standard InChI is InChI=1S/C19H21ClN2O5S/c1-13-7-8-14(20)9-16(13)22(28(2,24)25)11-19(23)21-10-15-12-26-17-5-3-4-6-18(17)27-15/h3-9,15H,10-12H2,1-2H3,(H,21,23)/t15-/m0/s1. The summed E-state index contributed by atoms with van der Waals surface area (Å²) in [4.78, 5) is 12.4. The van der Waals surface area contributed by atoms with Gasteiger partial charge in [-0.2, -0.15) is 0 Å². The number of carbonyl (C=O) groups excluding carboxylic acids is 1. The van der Waals surface area contributed by atoms with Gasteiger partial charge in [0.15, 0.2) is 11.5 Å².